The Morgan fingerprint density at radius 2 is 2.14 bits per heavy atom. The number of carbonyl (C=O) groups is 1. The van der Waals surface area contributed by atoms with E-state index in [1.165, 1.54) is 0 Å². The predicted molar refractivity (Wildman–Crippen MR) is 81.4 cm³/mol. The van der Waals surface area contributed by atoms with Crippen molar-refractivity contribution in [1.82, 2.24) is 0 Å². The Labute approximate surface area is 130 Å². The standard InChI is InChI=1S/C17H22O5/c1-17(2)20-12-15(22-17)14(10-6-7-11-18)21-16(19)13-8-4-3-5-9-13/h3-9,14-15,18H,10-12H2,1-2H3/b7-6+/t14-,15+/m0/s1. The first kappa shape index (κ1) is 16.7. The van der Waals surface area contributed by atoms with Crippen LogP contribution in [-0.4, -0.2) is 42.3 Å². The molecular formula is C17H22O5. The van der Waals surface area contributed by atoms with E-state index in [1.807, 2.05) is 19.9 Å². The summed E-state index contributed by atoms with van der Waals surface area (Å²) in [6.07, 6.45) is 3.06. The van der Waals surface area contributed by atoms with E-state index in [0.717, 1.165) is 0 Å². The average molecular weight is 306 g/mol. The molecule has 0 saturated carbocycles. The Morgan fingerprint density at radius 3 is 2.73 bits per heavy atom. The molecule has 2 rings (SSSR count). The van der Waals surface area contributed by atoms with Gasteiger partial charge in [-0.3, -0.25) is 0 Å². The van der Waals surface area contributed by atoms with Crippen LogP contribution in [0.4, 0.5) is 0 Å². The molecule has 120 valence electrons. The molecule has 5 heteroatoms. The van der Waals surface area contributed by atoms with Gasteiger partial charge >= 0.3 is 5.97 Å². The molecule has 1 aliphatic rings. The fraction of sp³-hybridized carbons (Fsp3) is 0.471. The van der Waals surface area contributed by atoms with E-state index in [0.29, 0.717) is 18.6 Å². The molecular weight excluding hydrogens is 284 g/mol. The molecule has 1 aromatic carbocycles. The Morgan fingerprint density at radius 1 is 1.41 bits per heavy atom. The van der Waals surface area contributed by atoms with Crippen LogP contribution in [0.1, 0.15) is 30.6 Å². The van der Waals surface area contributed by atoms with E-state index < -0.39 is 17.9 Å². The quantitative estimate of drug-likeness (QED) is 0.645. The third kappa shape index (κ3) is 4.66. The van der Waals surface area contributed by atoms with Crippen molar-refractivity contribution in [2.75, 3.05) is 13.2 Å². The Kier molecular flexibility index (Phi) is 5.71. The van der Waals surface area contributed by atoms with Crippen molar-refractivity contribution in [2.45, 2.75) is 38.3 Å². The number of hydrogen-bond donors (Lipinski definition) is 1. The zero-order valence-electron chi connectivity index (χ0n) is 12.9. The largest absolute Gasteiger partial charge is 0.456 e. The topological polar surface area (TPSA) is 65.0 Å². The van der Waals surface area contributed by atoms with Crippen molar-refractivity contribution in [2.24, 2.45) is 0 Å². The normalized spacial score (nSPS) is 21.9. The molecule has 0 aliphatic carbocycles. The van der Waals surface area contributed by atoms with Crippen molar-refractivity contribution in [3.05, 3.63) is 48.0 Å². The van der Waals surface area contributed by atoms with Crippen LogP contribution in [0.3, 0.4) is 0 Å². The monoisotopic (exact) mass is 306 g/mol. The minimum absolute atomic E-state index is 0.0487. The smallest absolute Gasteiger partial charge is 0.338 e. The molecule has 1 heterocycles. The van der Waals surface area contributed by atoms with Crippen molar-refractivity contribution >= 4 is 5.97 Å². The number of ether oxygens (including phenoxy) is 3. The second-order valence-electron chi connectivity index (χ2n) is 5.57. The molecule has 1 saturated heterocycles. The van der Waals surface area contributed by atoms with Gasteiger partial charge in [-0.25, -0.2) is 4.79 Å². The Hall–Kier alpha value is -1.69. The van der Waals surface area contributed by atoms with Gasteiger partial charge in [0.05, 0.1) is 18.8 Å². The van der Waals surface area contributed by atoms with Crippen molar-refractivity contribution < 1.29 is 24.1 Å². The highest BCUT2D eigenvalue weighted by atomic mass is 16.7. The zero-order valence-corrected chi connectivity index (χ0v) is 12.9. The molecule has 5 nitrogen and oxygen atoms in total. The lowest BCUT2D eigenvalue weighted by atomic mass is 10.1. The molecule has 0 aromatic heterocycles. The van der Waals surface area contributed by atoms with Gasteiger partial charge in [0.15, 0.2) is 5.79 Å². The highest BCUT2D eigenvalue weighted by Crippen LogP contribution is 2.27. The number of aliphatic hydroxyl groups excluding tert-OH is 1. The van der Waals surface area contributed by atoms with E-state index >= 15 is 0 Å². The molecule has 0 bridgehead atoms. The maximum atomic E-state index is 12.2. The Bertz CT molecular complexity index is 509. The predicted octanol–water partition coefficient (Wildman–Crippen LogP) is 2.30. The van der Waals surface area contributed by atoms with Gasteiger partial charge in [-0.05, 0) is 26.0 Å². The fourth-order valence-electron chi connectivity index (χ4n) is 2.26. The number of rotatable bonds is 6. The van der Waals surface area contributed by atoms with Crippen LogP contribution in [0.2, 0.25) is 0 Å². The number of carbonyl (C=O) groups excluding carboxylic acids is 1. The number of esters is 1. The number of benzene rings is 1. The summed E-state index contributed by atoms with van der Waals surface area (Å²) in [7, 11) is 0. The van der Waals surface area contributed by atoms with E-state index in [9.17, 15) is 4.79 Å². The SMILES string of the molecule is CC1(C)OC[C@H]([C@H](C/C=C/CO)OC(=O)c2ccccc2)O1. The van der Waals surface area contributed by atoms with Gasteiger partial charge < -0.3 is 19.3 Å². The number of hydrogen-bond acceptors (Lipinski definition) is 5. The highest BCUT2D eigenvalue weighted by Gasteiger charge is 2.38. The van der Waals surface area contributed by atoms with Gasteiger partial charge in [-0.15, -0.1) is 0 Å². The molecule has 22 heavy (non-hydrogen) atoms. The van der Waals surface area contributed by atoms with Gasteiger partial charge in [0.1, 0.15) is 12.2 Å². The number of aliphatic hydroxyl groups is 1. The first-order valence-electron chi connectivity index (χ1n) is 7.35. The van der Waals surface area contributed by atoms with E-state index in [1.54, 1.807) is 36.4 Å². The van der Waals surface area contributed by atoms with Crippen LogP contribution in [0.5, 0.6) is 0 Å². The molecule has 0 spiro atoms. The second-order valence-corrected chi connectivity index (χ2v) is 5.57. The molecule has 0 radical (unpaired) electrons. The second kappa shape index (κ2) is 7.54. The van der Waals surface area contributed by atoms with Crippen molar-refractivity contribution in [1.29, 1.82) is 0 Å². The summed E-state index contributed by atoms with van der Waals surface area (Å²) >= 11 is 0. The van der Waals surface area contributed by atoms with Gasteiger partial charge in [0.2, 0.25) is 0 Å². The lowest BCUT2D eigenvalue weighted by Crippen LogP contribution is -2.34. The third-order valence-corrected chi connectivity index (χ3v) is 3.35. The fourth-order valence-corrected chi connectivity index (χ4v) is 2.26. The van der Waals surface area contributed by atoms with Crippen LogP contribution in [0.25, 0.3) is 0 Å². The van der Waals surface area contributed by atoms with E-state index in [4.69, 9.17) is 19.3 Å². The van der Waals surface area contributed by atoms with Crippen molar-refractivity contribution in [3.63, 3.8) is 0 Å². The van der Waals surface area contributed by atoms with Gasteiger partial charge in [-0.2, -0.15) is 0 Å². The lowest BCUT2D eigenvalue weighted by molar-refractivity contribution is -0.151. The third-order valence-electron chi connectivity index (χ3n) is 3.35. The first-order valence-corrected chi connectivity index (χ1v) is 7.35. The maximum Gasteiger partial charge on any atom is 0.338 e. The van der Waals surface area contributed by atoms with Crippen LogP contribution in [0, 0.1) is 0 Å². The summed E-state index contributed by atoms with van der Waals surface area (Å²) in [5, 5.41) is 8.84. The Balaban J connectivity index is 2.04. The van der Waals surface area contributed by atoms with Gasteiger partial charge in [0.25, 0.3) is 0 Å². The van der Waals surface area contributed by atoms with Crippen LogP contribution in [0.15, 0.2) is 42.5 Å². The first-order chi connectivity index (χ1) is 10.5. The molecule has 1 aromatic rings. The minimum atomic E-state index is -0.678. The average Bonchev–Trinajstić information content (AvgIpc) is 2.87. The summed E-state index contributed by atoms with van der Waals surface area (Å²) in [5.74, 6) is -1.07. The van der Waals surface area contributed by atoms with E-state index in [2.05, 4.69) is 0 Å². The van der Waals surface area contributed by atoms with Gasteiger partial charge in [-0.1, -0.05) is 30.4 Å². The molecule has 0 unspecified atom stereocenters. The zero-order chi connectivity index (χ0) is 16.0. The van der Waals surface area contributed by atoms with Crippen LogP contribution in [-0.2, 0) is 14.2 Å². The summed E-state index contributed by atoms with van der Waals surface area (Å²) in [4.78, 5) is 12.2. The molecule has 1 fully saturated rings. The molecule has 0 amide bonds. The maximum absolute atomic E-state index is 12.2. The van der Waals surface area contributed by atoms with Crippen LogP contribution < -0.4 is 0 Å². The lowest BCUT2D eigenvalue weighted by Gasteiger charge is -2.23. The summed E-state index contributed by atoms with van der Waals surface area (Å²) in [6.45, 7) is 3.97. The summed E-state index contributed by atoms with van der Waals surface area (Å²) in [5.41, 5.74) is 0.497. The van der Waals surface area contributed by atoms with E-state index in [-0.39, 0.29) is 12.7 Å². The highest BCUT2D eigenvalue weighted by molar-refractivity contribution is 5.89. The summed E-state index contributed by atoms with van der Waals surface area (Å²) in [6, 6.07) is 8.83. The summed E-state index contributed by atoms with van der Waals surface area (Å²) < 4.78 is 16.9. The van der Waals surface area contributed by atoms with Gasteiger partial charge in [0, 0.05) is 6.42 Å². The minimum Gasteiger partial charge on any atom is -0.456 e. The molecule has 1 aliphatic heterocycles. The van der Waals surface area contributed by atoms with Crippen molar-refractivity contribution in [3.8, 4) is 0 Å². The molecule has 1 N–H and O–H groups in total. The molecule has 2 atom stereocenters. The van der Waals surface area contributed by atoms with Crippen LogP contribution >= 0.6 is 0 Å².